The zero-order valence-electron chi connectivity index (χ0n) is 10.9. The van der Waals surface area contributed by atoms with E-state index in [-0.39, 0.29) is 5.82 Å². The standard InChI is InChI=1S/C16H13FN2S/c1-11-3-2-4-14(9-11)18-16-19-15(10-20-16)12-5-7-13(17)8-6-12/h2-10H,1H3,(H,18,19). The van der Waals surface area contributed by atoms with Crippen LogP contribution in [0.1, 0.15) is 5.56 Å². The summed E-state index contributed by atoms with van der Waals surface area (Å²) in [5, 5.41) is 6.07. The molecule has 0 aliphatic carbocycles. The second-order valence-corrected chi connectivity index (χ2v) is 5.40. The molecule has 1 N–H and O–H groups in total. The molecule has 100 valence electrons. The molecule has 2 aromatic carbocycles. The minimum atomic E-state index is -0.234. The number of aryl methyl sites for hydroxylation is 1. The highest BCUT2D eigenvalue weighted by molar-refractivity contribution is 7.14. The van der Waals surface area contributed by atoms with Gasteiger partial charge in [-0.25, -0.2) is 9.37 Å². The molecule has 3 rings (SSSR count). The number of aromatic nitrogens is 1. The smallest absolute Gasteiger partial charge is 0.187 e. The van der Waals surface area contributed by atoms with E-state index in [1.807, 2.05) is 17.5 Å². The van der Waals surface area contributed by atoms with E-state index >= 15 is 0 Å². The molecule has 0 spiro atoms. The Balaban J connectivity index is 1.82. The third-order valence-electron chi connectivity index (χ3n) is 2.91. The van der Waals surface area contributed by atoms with E-state index in [9.17, 15) is 4.39 Å². The van der Waals surface area contributed by atoms with Crippen molar-refractivity contribution in [3.63, 3.8) is 0 Å². The molecule has 4 heteroatoms. The summed E-state index contributed by atoms with van der Waals surface area (Å²) in [5.74, 6) is -0.234. The number of nitrogens with one attached hydrogen (secondary N) is 1. The lowest BCUT2D eigenvalue weighted by Crippen LogP contribution is -1.89. The number of rotatable bonds is 3. The van der Waals surface area contributed by atoms with Gasteiger partial charge >= 0.3 is 0 Å². The van der Waals surface area contributed by atoms with Crippen molar-refractivity contribution in [2.75, 3.05) is 5.32 Å². The number of nitrogens with zero attached hydrogens (tertiary/aromatic N) is 1. The lowest BCUT2D eigenvalue weighted by atomic mass is 10.2. The van der Waals surface area contributed by atoms with Gasteiger partial charge in [0.15, 0.2) is 5.13 Å². The maximum atomic E-state index is 12.9. The first-order valence-corrected chi connectivity index (χ1v) is 7.14. The van der Waals surface area contributed by atoms with Crippen LogP contribution in [0.2, 0.25) is 0 Å². The van der Waals surface area contributed by atoms with E-state index < -0.39 is 0 Å². The van der Waals surface area contributed by atoms with Gasteiger partial charge in [-0.3, -0.25) is 0 Å². The zero-order chi connectivity index (χ0) is 13.9. The number of halogens is 1. The molecule has 0 aliphatic heterocycles. The maximum absolute atomic E-state index is 12.9. The van der Waals surface area contributed by atoms with Crippen molar-refractivity contribution in [3.05, 3.63) is 65.3 Å². The first-order chi connectivity index (χ1) is 9.70. The summed E-state index contributed by atoms with van der Waals surface area (Å²) >= 11 is 1.53. The van der Waals surface area contributed by atoms with Crippen LogP contribution >= 0.6 is 11.3 Å². The Morgan fingerprint density at radius 2 is 1.90 bits per heavy atom. The third kappa shape index (κ3) is 2.86. The predicted octanol–water partition coefficient (Wildman–Crippen LogP) is 5.00. The van der Waals surface area contributed by atoms with E-state index in [1.165, 1.54) is 29.0 Å². The van der Waals surface area contributed by atoms with Crippen molar-refractivity contribution in [2.24, 2.45) is 0 Å². The molecule has 0 saturated heterocycles. The van der Waals surface area contributed by atoms with E-state index in [0.29, 0.717) is 0 Å². The van der Waals surface area contributed by atoms with Crippen molar-refractivity contribution in [1.29, 1.82) is 0 Å². The van der Waals surface area contributed by atoms with Gasteiger partial charge in [0.1, 0.15) is 5.82 Å². The van der Waals surface area contributed by atoms with Crippen molar-refractivity contribution in [3.8, 4) is 11.3 Å². The minimum absolute atomic E-state index is 0.234. The highest BCUT2D eigenvalue weighted by atomic mass is 32.1. The quantitative estimate of drug-likeness (QED) is 0.732. The molecule has 0 saturated carbocycles. The number of thiazole rings is 1. The van der Waals surface area contributed by atoms with E-state index in [4.69, 9.17) is 0 Å². The van der Waals surface area contributed by atoms with E-state index in [1.54, 1.807) is 12.1 Å². The van der Waals surface area contributed by atoms with E-state index in [2.05, 4.69) is 29.4 Å². The highest BCUT2D eigenvalue weighted by Gasteiger charge is 2.05. The van der Waals surface area contributed by atoms with Gasteiger partial charge in [0.2, 0.25) is 0 Å². The second-order valence-electron chi connectivity index (χ2n) is 4.54. The molecule has 0 radical (unpaired) electrons. The molecular formula is C16H13FN2S. The predicted molar refractivity (Wildman–Crippen MR) is 82.0 cm³/mol. The molecule has 0 bridgehead atoms. The molecule has 0 atom stereocenters. The summed E-state index contributed by atoms with van der Waals surface area (Å²) in [7, 11) is 0. The average molecular weight is 284 g/mol. The monoisotopic (exact) mass is 284 g/mol. The van der Waals surface area contributed by atoms with Crippen LogP contribution < -0.4 is 5.32 Å². The molecule has 3 aromatic rings. The van der Waals surface area contributed by atoms with Gasteiger partial charge in [-0.1, -0.05) is 12.1 Å². The largest absolute Gasteiger partial charge is 0.332 e. The number of hydrogen-bond acceptors (Lipinski definition) is 3. The van der Waals surface area contributed by atoms with Crippen LogP contribution in [0.25, 0.3) is 11.3 Å². The van der Waals surface area contributed by atoms with Crippen LogP contribution in [0.5, 0.6) is 0 Å². The first kappa shape index (κ1) is 12.8. The summed E-state index contributed by atoms with van der Waals surface area (Å²) < 4.78 is 12.9. The van der Waals surface area contributed by atoms with Crippen LogP contribution in [-0.4, -0.2) is 4.98 Å². The second kappa shape index (κ2) is 5.43. The maximum Gasteiger partial charge on any atom is 0.187 e. The summed E-state index contributed by atoms with van der Waals surface area (Å²) in [5.41, 5.74) is 3.99. The lowest BCUT2D eigenvalue weighted by Gasteiger charge is -2.03. The topological polar surface area (TPSA) is 24.9 Å². The van der Waals surface area contributed by atoms with Crippen LogP contribution in [0.4, 0.5) is 15.2 Å². The van der Waals surface area contributed by atoms with E-state index in [0.717, 1.165) is 22.1 Å². The van der Waals surface area contributed by atoms with Crippen LogP contribution in [-0.2, 0) is 0 Å². The Hall–Kier alpha value is -2.20. The van der Waals surface area contributed by atoms with Gasteiger partial charge in [0.25, 0.3) is 0 Å². The lowest BCUT2D eigenvalue weighted by molar-refractivity contribution is 0.628. The Kier molecular flexibility index (Phi) is 3.48. The molecule has 1 heterocycles. The summed E-state index contributed by atoms with van der Waals surface area (Å²) in [4.78, 5) is 4.52. The summed E-state index contributed by atoms with van der Waals surface area (Å²) in [6.07, 6.45) is 0. The van der Waals surface area contributed by atoms with Crippen molar-refractivity contribution in [1.82, 2.24) is 4.98 Å². The third-order valence-corrected chi connectivity index (χ3v) is 3.67. The van der Waals surface area contributed by atoms with Crippen molar-refractivity contribution >= 4 is 22.2 Å². The molecule has 0 unspecified atom stereocenters. The normalized spacial score (nSPS) is 10.5. The van der Waals surface area contributed by atoms with Crippen molar-refractivity contribution in [2.45, 2.75) is 6.92 Å². The zero-order valence-corrected chi connectivity index (χ0v) is 11.7. The van der Waals surface area contributed by atoms with Gasteiger partial charge in [-0.2, -0.15) is 0 Å². The Morgan fingerprint density at radius 1 is 1.10 bits per heavy atom. The molecule has 20 heavy (non-hydrogen) atoms. The molecule has 0 amide bonds. The summed E-state index contributed by atoms with van der Waals surface area (Å²) in [6.45, 7) is 2.05. The van der Waals surface area contributed by atoms with Crippen LogP contribution in [0.3, 0.4) is 0 Å². The number of anilines is 2. The molecule has 1 aromatic heterocycles. The molecule has 0 fully saturated rings. The molecule has 2 nitrogen and oxygen atoms in total. The van der Waals surface area contributed by atoms with Crippen molar-refractivity contribution < 1.29 is 4.39 Å². The number of benzene rings is 2. The van der Waals surface area contributed by atoms with Gasteiger partial charge in [-0.15, -0.1) is 11.3 Å². The highest BCUT2D eigenvalue weighted by Crippen LogP contribution is 2.27. The van der Waals surface area contributed by atoms with Gasteiger partial charge in [0.05, 0.1) is 5.69 Å². The van der Waals surface area contributed by atoms with Crippen LogP contribution in [0.15, 0.2) is 53.9 Å². The first-order valence-electron chi connectivity index (χ1n) is 6.26. The Labute approximate surface area is 120 Å². The fourth-order valence-electron chi connectivity index (χ4n) is 1.93. The Bertz CT molecular complexity index is 719. The molecule has 0 aliphatic rings. The fraction of sp³-hybridized carbons (Fsp3) is 0.0625. The Morgan fingerprint density at radius 3 is 2.65 bits per heavy atom. The van der Waals surface area contributed by atoms with Crippen LogP contribution in [0, 0.1) is 12.7 Å². The summed E-state index contributed by atoms with van der Waals surface area (Å²) in [6, 6.07) is 14.5. The molecular weight excluding hydrogens is 271 g/mol. The fourth-order valence-corrected chi connectivity index (χ4v) is 2.67. The number of hydrogen-bond donors (Lipinski definition) is 1. The minimum Gasteiger partial charge on any atom is -0.332 e. The van der Waals surface area contributed by atoms with Gasteiger partial charge < -0.3 is 5.32 Å². The van der Waals surface area contributed by atoms with Gasteiger partial charge in [-0.05, 0) is 48.9 Å². The average Bonchev–Trinajstić information content (AvgIpc) is 2.88. The van der Waals surface area contributed by atoms with Gasteiger partial charge in [0, 0.05) is 16.6 Å². The SMILES string of the molecule is Cc1cccc(Nc2nc(-c3ccc(F)cc3)cs2)c1.